The molecule has 1 amide bonds. The molecule has 0 bridgehead atoms. The number of hydrogen-bond donors (Lipinski definition) is 1. The van der Waals surface area contributed by atoms with Gasteiger partial charge in [0.15, 0.2) is 11.5 Å². The zero-order chi connectivity index (χ0) is 19.6. The Hall–Kier alpha value is -2.89. The molecule has 0 aliphatic heterocycles. The van der Waals surface area contributed by atoms with Gasteiger partial charge in [-0.2, -0.15) is 0 Å². The topological polar surface area (TPSA) is 66.0 Å². The van der Waals surface area contributed by atoms with Crippen molar-refractivity contribution in [2.75, 3.05) is 34.5 Å². The van der Waals surface area contributed by atoms with Crippen molar-refractivity contribution >= 4 is 5.91 Å². The lowest BCUT2D eigenvalue weighted by Crippen LogP contribution is -2.25. The highest BCUT2D eigenvalue weighted by Gasteiger charge is 2.16. The van der Waals surface area contributed by atoms with Crippen molar-refractivity contribution in [3.8, 4) is 23.0 Å². The minimum Gasteiger partial charge on any atom is -0.494 e. The Morgan fingerprint density at radius 2 is 1.63 bits per heavy atom. The zero-order valence-electron chi connectivity index (χ0n) is 16.3. The van der Waals surface area contributed by atoms with E-state index in [0.717, 1.165) is 24.2 Å². The molecule has 1 N–H and O–H groups in total. The summed E-state index contributed by atoms with van der Waals surface area (Å²) in [5.41, 5.74) is 1.60. The summed E-state index contributed by atoms with van der Waals surface area (Å²) in [6.45, 7) is 3.15. The van der Waals surface area contributed by atoms with Gasteiger partial charge in [0.2, 0.25) is 5.75 Å². The number of carbonyl (C=O) groups excluding carboxylic acids is 1. The van der Waals surface area contributed by atoms with Gasteiger partial charge in [-0.25, -0.2) is 0 Å². The van der Waals surface area contributed by atoms with Crippen molar-refractivity contribution in [2.24, 2.45) is 0 Å². The molecule has 0 saturated carbocycles. The van der Waals surface area contributed by atoms with E-state index in [4.69, 9.17) is 18.9 Å². The molecule has 6 heteroatoms. The molecule has 0 aliphatic carbocycles. The van der Waals surface area contributed by atoms with Gasteiger partial charge in [0.25, 0.3) is 5.91 Å². The zero-order valence-corrected chi connectivity index (χ0v) is 16.3. The molecular formula is C21H27NO5. The Bertz CT molecular complexity index is 735. The largest absolute Gasteiger partial charge is 0.494 e. The average molecular weight is 373 g/mol. The standard InChI is InChI=1S/C21H27NO5/c1-5-27-17-11-7-6-9-15(17)10-8-12-22-21(23)16-13-18(24-2)20(26-4)19(14-16)25-3/h6-7,9,11,13-14H,5,8,10,12H2,1-4H3,(H,22,23). The molecule has 0 aliphatic rings. The second kappa shape index (κ2) is 10.3. The van der Waals surface area contributed by atoms with E-state index in [1.165, 1.54) is 21.3 Å². The van der Waals surface area contributed by atoms with Crippen molar-refractivity contribution in [3.05, 3.63) is 47.5 Å². The smallest absolute Gasteiger partial charge is 0.251 e. The molecule has 2 aromatic carbocycles. The highest BCUT2D eigenvalue weighted by atomic mass is 16.5. The van der Waals surface area contributed by atoms with Gasteiger partial charge in [0.1, 0.15) is 5.75 Å². The molecule has 0 radical (unpaired) electrons. The molecule has 0 spiro atoms. The SMILES string of the molecule is CCOc1ccccc1CCCNC(=O)c1cc(OC)c(OC)c(OC)c1. The fourth-order valence-corrected chi connectivity index (χ4v) is 2.80. The number of para-hydroxylation sites is 1. The van der Waals surface area contributed by atoms with Crippen LogP contribution in [-0.4, -0.2) is 40.4 Å². The van der Waals surface area contributed by atoms with Gasteiger partial charge >= 0.3 is 0 Å². The van der Waals surface area contributed by atoms with Gasteiger partial charge in [-0.15, -0.1) is 0 Å². The lowest BCUT2D eigenvalue weighted by Gasteiger charge is -2.14. The predicted octanol–water partition coefficient (Wildman–Crippen LogP) is 3.47. The van der Waals surface area contributed by atoms with E-state index in [9.17, 15) is 4.79 Å². The maximum absolute atomic E-state index is 12.5. The van der Waals surface area contributed by atoms with E-state index in [0.29, 0.717) is 36.0 Å². The van der Waals surface area contributed by atoms with E-state index in [1.807, 2.05) is 31.2 Å². The Balaban J connectivity index is 1.96. The number of amides is 1. The summed E-state index contributed by atoms with van der Waals surface area (Å²) < 4.78 is 21.5. The molecule has 6 nitrogen and oxygen atoms in total. The van der Waals surface area contributed by atoms with E-state index >= 15 is 0 Å². The maximum Gasteiger partial charge on any atom is 0.251 e. The number of benzene rings is 2. The molecule has 2 aromatic rings. The van der Waals surface area contributed by atoms with Gasteiger partial charge in [0.05, 0.1) is 27.9 Å². The first-order chi connectivity index (χ1) is 13.1. The van der Waals surface area contributed by atoms with E-state index < -0.39 is 0 Å². The van der Waals surface area contributed by atoms with Crippen LogP contribution in [0.1, 0.15) is 29.3 Å². The number of nitrogens with one attached hydrogen (secondary N) is 1. The van der Waals surface area contributed by atoms with Crippen molar-refractivity contribution in [1.29, 1.82) is 0 Å². The van der Waals surface area contributed by atoms with Crippen LogP contribution in [0.2, 0.25) is 0 Å². The Kier molecular flexibility index (Phi) is 7.79. The van der Waals surface area contributed by atoms with Crippen LogP contribution in [0, 0.1) is 0 Å². The molecule has 146 valence electrons. The molecule has 2 rings (SSSR count). The average Bonchev–Trinajstić information content (AvgIpc) is 2.71. The third kappa shape index (κ3) is 5.29. The molecule has 0 heterocycles. The van der Waals surface area contributed by atoms with Crippen LogP contribution in [0.15, 0.2) is 36.4 Å². The van der Waals surface area contributed by atoms with Gasteiger partial charge in [-0.05, 0) is 43.5 Å². The third-order valence-electron chi connectivity index (χ3n) is 4.11. The molecule has 0 atom stereocenters. The van der Waals surface area contributed by atoms with E-state index in [-0.39, 0.29) is 5.91 Å². The number of carbonyl (C=O) groups is 1. The monoisotopic (exact) mass is 373 g/mol. The molecule has 0 aromatic heterocycles. The van der Waals surface area contributed by atoms with Crippen molar-refractivity contribution in [2.45, 2.75) is 19.8 Å². The van der Waals surface area contributed by atoms with Gasteiger partial charge < -0.3 is 24.3 Å². The lowest BCUT2D eigenvalue weighted by molar-refractivity contribution is 0.0952. The van der Waals surface area contributed by atoms with Gasteiger partial charge in [-0.3, -0.25) is 4.79 Å². The quantitative estimate of drug-likeness (QED) is 0.646. The first-order valence-electron chi connectivity index (χ1n) is 8.93. The summed E-state index contributed by atoms with van der Waals surface area (Å²) in [4.78, 5) is 12.5. The predicted molar refractivity (Wildman–Crippen MR) is 104 cm³/mol. The highest BCUT2D eigenvalue weighted by molar-refractivity contribution is 5.95. The number of methoxy groups -OCH3 is 3. The number of rotatable bonds is 10. The van der Waals surface area contributed by atoms with Crippen LogP contribution < -0.4 is 24.3 Å². The molecule has 0 unspecified atom stereocenters. The maximum atomic E-state index is 12.5. The second-order valence-corrected chi connectivity index (χ2v) is 5.81. The van der Waals surface area contributed by atoms with Gasteiger partial charge in [0, 0.05) is 12.1 Å². The second-order valence-electron chi connectivity index (χ2n) is 5.81. The minimum absolute atomic E-state index is 0.188. The molecule has 27 heavy (non-hydrogen) atoms. The van der Waals surface area contributed by atoms with Crippen LogP contribution in [0.3, 0.4) is 0 Å². The van der Waals surface area contributed by atoms with Crippen molar-refractivity contribution in [1.82, 2.24) is 5.32 Å². The first kappa shape index (κ1) is 20.4. The van der Waals surface area contributed by atoms with Crippen LogP contribution in [0.4, 0.5) is 0 Å². The van der Waals surface area contributed by atoms with Crippen molar-refractivity contribution < 1.29 is 23.7 Å². The molecule has 0 fully saturated rings. The van der Waals surface area contributed by atoms with Crippen molar-refractivity contribution in [3.63, 3.8) is 0 Å². The number of hydrogen-bond acceptors (Lipinski definition) is 5. The fourth-order valence-electron chi connectivity index (χ4n) is 2.80. The third-order valence-corrected chi connectivity index (χ3v) is 4.11. The van der Waals surface area contributed by atoms with Crippen LogP contribution in [0.25, 0.3) is 0 Å². The highest BCUT2D eigenvalue weighted by Crippen LogP contribution is 2.38. The summed E-state index contributed by atoms with van der Waals surface area (Å²) in [5, 5.41) is 2.93. The fraction of sp³-hybridized carbons (Fsp3) is 0.381. The summed E-state index contributed by atoms with van der Waals surface area (Å²) >= 11 is 0. The molecule has 0 saturated heterocycles. The van der Waals surface area contributed by atoms with E-state index in [1.54, 1.807) is 12.1 Å². The number of aryl methyl sites for hydroxylation is 1. The Labute approximate surface area is 160 Å². The summed E-state index contributed by atoms with van der Waals surface area (Å²) in [5.74, 6) is 2.08. The van der Waals surface area contributed by atoms with Crippen LogP contribution >= 0.6 is 0 Å². The lowest BCUT2D eigenvalue weighted by atomic mass is 10.1. The Morgan fingerprint density at radius 1 is 0.963 bits per heavy atom. The Morgan fingerprint density at radius 3 is 2.22 bits per heavy atom. The van der Waals surface area contributed by atoms with Gasteiger partial charge in [-0.1, -0.05) is 18.2 Å². The van der Waals surface area contributed by atoms with E-state index in [2.05, 4.69) is 5.32 Å². The van der Waals surface area contributed by atoms with Crippen LogP contribution in [0.5, 0.6) is 23.0 Å². The summed E-state index contributed by atoms with van der Waals surface area (Å²) in [6.07, 6.45) is 1.63. The normalized spacial score (nSPS) is 10.2. The minimum atomic E-state index is -0.188. The number of ether oxygens (including phenoxy) is 4. The molecular weight excluding hydrogens is 346 g/mol. The summed E-state index contributed by atoms with van der Waals surface area (Å²) in [7, 11) is 4.57. The summed E-state index contributed by atoms with van der Waals surface area (Å²) in [6, 6.07) is 11.2. The first-order valence-corrected chi connectivity index (χ1v) is 8.93. The van der Waals surface area contributed by atoms with Crippen LogP contribution in [-0.2, 0) is 6.42 Å².